The van der Waals surface area contributed by atoms with Crippen LogP contribution in [-0.2, 0) is 0 Å². The monoisotopic (exact) mass is 271 g/mol. The van der Waals surface area contributed by atoms with Crippen molar-refractivity contribution >= 4 is 17.4 Å². The Balaban J connectivity index is 2.13. The van der Waals surface area contributed by atoms with Crippen molar-refractivity contribution in [1.82, 2.24) is 19.6 Å². The lowest BCUT2D eigenvalue weighted by Crippen LogP contribution is -2.41. The summed E-state index contributed by atoms with van der Waals surface area (Å²) >= 11 is 0. The number of nitrogens with two attached hydrogens (primary N) is 1. The molecule has 0 radical (unpaired) electrons. The van der Waals surface area contributed by atoms with Crippen LogP contribution in [0.3, 0.4) is 0 Å². The zero-order valence-corrected chi connectivity index (χ0v) is 11.7. The number of rotatable bonds is 1. The molecule has 0 atom stereocenters. The second kappa shape index (κ2) is 4.34. The van der Waals surface area contributed by atoms with Crippen LogP contribution in [0.15, 0.2) is 6.20 Å². The van der Waals surface area contributed by atoms with Gasteiger partial charge in [0.15, 0.2) is 5.82 Å². The van der Waals surface area contributed by atoms with Crippen molar-refractivity contribution < 1.29 is 0 Å². The molecule has 1 aliphatic heterocycles. The average Bonchev–Trinajstić information content (AvgIpc) is 2.84. The van der Waals surface area contributed by atoms with Gasteiger partial charge in [0.2, 0.25) is 11.6 Å². The Bertz CT molecular complexity index is 695. The molecule has 0 unspecified atom stereocenters. The number of piperidine rings is 1. The van der Waals surface area contributed by atoms with E-state index in [0.717, 1.165) is 19.5 Å². The number of anilines is 2. The van der Waals surface area contributed by atoms with E-state index < -0.39 is 0 Å². The largest absolute Gasteiger partial charge is 0.381 e. The first-order valence-electron chi connectivity index (χ1n) is 6.66. The van der Waals surface area contributed by atoms with Gasteiger partial charge in [-0.1, -0.05) is 13.8 Å². The zero-order valence-electron chi connectivity index (χ0n) is 11.7. The molecule has 1 fully saturated rings. The summed E-state index contributed by atoms with van der Waals surface area (Å²) in [5, 5.41) is 17.5. The number of nitrogen functional groups attached to an aromatic ring is 1. The summed E-state index contributed by atoms with van der Waals surface area (Å²) in [7, 11) is 0. The Morgan fingerprint density at radius 1 is 1.40 bits per heavy atom. The lowest BCUT2D eigenvalue weighted by molar-refractivity contribution is 0.290. The van der Waals surface area contributed by atoms with Crippen molar-refractivity contribution in [3.63, 3.8) is 0 Å². The van der Waals surface area contributed by atoms with Gasteiger partial charge in [-0.25, -0.2) is 9.38 Å². The molecule has 0 spiro atoms. The van der Waals surface area contributed by atoms with Crippen molar-refractivity contribution in [3.05, 3.63) is 11.9 Å². The molecule has 104 valence electrons. The minimum absolute atomic E-state index is 0.232. The predicted octanol–water partition coefficient (Wildman–Crippen LogP) is 1.20. The van der Waals surface area contributed by atoms with Gasteiger partial charge in [-0.3, -0.25) is 0 Å². The highest BCUT2D eigenvalue weighted by atomic mass is 15.4. The van der Waals surface area contributed by atoms with Crippen molar-refractivity contribution in [1.29, 1.82) is 5.26 Å². The standard InChI is InChI=1S/C13H17N7/c1-13(2)4-3-5-19(8-13)12-18-17-11-10(15)16-7-9(6-14)20(11)12/h7H,3-5,8H2,1-2H3,(H2,15,16). The van der Waals surface area contributed by atoms with Crippen molar-refractivity contribution in [2.75, 3.05) is 23.7 Å². The maximum absolute atomic E-state index is 9.24. The number of nitriles is 1. The first kappa shape index (κ1) is 12.7. The van der Waals surface area contributed by atoms with Crippen LogP contribution in [0.4, 0.5) is 11.8 Å². The smallest absolute Gasteiger partial charge is 0.232 e. The number of aromatic nitrogens is 4. The zero-order chi connectivity index (χ0) is 14.3. The SMILES string of the molecule is CC1(C)CCCN(c2nnc3c(N)ncc(C#N)n23)C1. The van der Waals surface area contributed by atoms with Gasteiger partial charge in [0, 0.05) is 13.1 Å². The molecule has 3 rings (SSSR count). The molecular weight excluding hydrogens is 254 g/mol. The first-order chi connectivity index (χ1) is 9.52. The fourth-order valence-electron chi connectivity index (χ4n) is 2.79. The Morgan fingerprint density at radius 3 is 2.90 bits per heavy atom. The van der Waals surface area contributed by atoms with E-state index in [1.54, 1.807) is 4.40 Å². The van der Waals surface area contributed by atoms with Crippen molar-refractivity contribution in [2.45, 2.75) is 26.7 Å². The van der Waals surface area contributed by atoms with Crippen LogP contribution in [0.2, 0.25) is 0 Å². The van der Waals surface area contributed by atoms with Crippen LogP contribution in [0, 0.1) is 16.7 Å². The van der Waals surface area contributed by atoms with E-state index in [4.69, 9.17) is 5.73 Å². The quantitative estimate of drug-likeness (QED) is 0.837. The molecule has 0 saturated carbocycles. The highest BCUT2D eigenvalue weighted by Crippen LogP contribution is 2.31. The van der Waals surface area contributed by atoms with Crippen LogP contribution >= 0.6 is 0 Å². The molecule has 7 nitrogen and oxygen atoms in total. The van der Waals surface area contributed by atoms with E-state index >= 15 is 0 Å². The maximum Gasteiger partial charge on any atom is 0.232 e. The van der Waals surface area contributed by atoms with E-state index in [1.807, 2.05) is 0 Å². The van der Waals surface area contributed by atoms with E-state index in [0.29, 0.717) is 23.1 Å². The number of nitrogens with zero attached hydrogens (tertiary/aromatic N) is 6. The molecule has 2 aromatic heterocycles. The van der Waals surface area contributed by atoms with Crippen molar-refractivity contribution in [2.24, 2.45) is 5.41 Å². The van der Waals surface area contributed by atoms with Gasteiger partial charge in [-0.2, -0.15) is 5.26 Å². The number of fused-ring (bicyclic) bond motifs is 1. The van der Waals surface area contributed by atoms with Crippen LogP contribution in [0.1, 0.15) is 32.4 Å². The third kappa shape index (κ3) is 1.93. The van der Waals surface area contributed by atoms with Crippen LogP contribution in [0.5, 0.6) is 0 Å². The summed E-state index contributed by atoms with van der Waals surface area (Å²) in [6.07, 6.45) is 3.75. The lowest BCUT2D eigenvalue weighted by atomic mass is 9.84. The van der Waals surface area contributed by atoms with Crippen molar-refractivity contribution in [3.8, 4) is 6.07 Å². The van der Waals surface area contributed by atoms with Gasteiger partial charge in [-0.05, 0) is 18.3 Å². The summed E-state index contributed by atoms with van der Waals surface area (Å²) in [6.45, 7) is 6.28. The first-order valence-corrected chi connectivity index (χ1v) is 6.66. The van der Waals surface area contributed by atoms with Crippen LogP contribution in [-0.4, -0.2) is 32.7 Å². The third-order valence-electron chi connectivity index (χ3n) is 3.74. The Labute approximate surface area is 117 Å². The normalized spacial score (nSPS) is 18.1. The van der Waals surface area contributed by atoms with Gasteiger partial charge >= 0.3 is 0 Å². The molecule has 2 aromatic rings. The van der Waals surface area contributed by atoms with Gasteiger partial charge in [0.05, 0.1) is 6.20 Å². The minimum atomic E-state index is 0.232. The molecule has 0 bridgehead atoms. The Kier molecular flexibility index (Phi) is 2.74. The molecule has 7 heteroatoms. The van der Waals surface area contributed by atoms with Gasteiger partial charge in [0.25, 0.3) is 0 Å². The second-order valence-corrected chi connectivity index (χ2v) is 5.99. The van der Waals surface area contributed by atoms with Gasteiger partial charge in [0.1, 0.15) is 11.8 Å². The Morgan fingerprint density at radius 2 is 2.20 bits per heavy atom. The summed E-state index contributed by atoms with van der Waals surface area (Å²) < 4.78 is 1.70. The number of hydrogen-bond acceptors (Lipinski definition) is 6. The van der Waals surface area contributed by atoms with E-state index in [-0.39, 0.29) is 5.41 Å². The molecule has 1 aliphatic rings. The third-order valence-corrected chi connectivity index (χ3v) is 3.74. The summed E-state index contributed by atoms with van der Waals surface area (Å²) in [5.74, 6) is 0.970. The Hall–Kier alpha value is -2.36. The second-order valence-electron chi connectivity index (χ2n) is 5.99. The lowest BCUT2D eigenvalue weighted by Gasteiger charge is -2.38. The minimum Gasteiger partial charge on any atom is -0.381 e. The highest BCUT2D eigenvalue weighted by Gasteiger charge is 2.29. The highest BCUT2D eigenvalue weighted by molar-refractivity contribution is 5.63. The van der Waals surface area contributed by atoms with E-state index in [9.17, 15) is 5.26 Å². The molecule has 2 N–H and O–H groups in total. The average molecular weight is 271 g/mol. The van der Waals surface area contributed by atoms with Gasteiger partial charge in [-0.15, -0.1) is 10.2 Å². The summed E-state index contributed by atoms with van der Waals surface area (Å²) in [4.78, 5) is 6.15. The molecule has 20 heavy (non-hydrogen) atoms. The predicted molar refractivity (Wildman–Crippen MR) is 75.1 cm³/mol. The van der Waals surface area contributed by atoms with E-state index in [2.05, 4.69) is 40.0 Å². The fraction of sp³-hybridized carbons (Fsp3) is 0.538. The molecular formula is C13H17N7. The summed E-state index contributed by atoms with van der Waals surface area (Å²) in [6, 6.07) is 2.12. The summed E-state index contributed by atoms with van der Waals surface area (Å²) in [5.41, 5.74) is 6.89. The van der Waals surface area contributed by atoms with Gasteiger partial charge < -0.3 is 10.6 Å². The molecule has 1 saturated heterocycles. The molecule has 0 amide bonds. The van der Waals surface area contributed by atoms with E-state index in [1.165, 1.54) is 12.6 Å². The fourth-order valence-corrected chi connectivity index (χ4v) is 2.79. The molecule has 3 heterocycles. The molecule has 0 aliphatic carbocycles. The van der Waals surface area contributed by atoms with Crippen LogP contribution < -0.4 is 10.6 Å². The molecule has 0 aromatic carbocycles. The number of hydrogen-bond donors (Lipinski definition) is 1. The maximum atomic E-state index is 9.24. The van der Waals surface area contributed by atoms with Crippen LogP contribution in [0.25, 0.3) is 5.65 Å². The topological polar surface area (TPSA) is 96.1 Å².